The average Bonchev–Trinajstić information content (AvgIpc) is 2.61. The SMILES string of the molecule is c1ccc2c(c1)CN1CCC[C@H]1S2. The molecule has 2 heteroatoms. The Balaban J connectivity index is 1.97. The molecule has 1 aromatic rings. The summed E-state index contributed by atoms with van der Waals surface area (Å²) in [6, 6.07) is 8.82. The third-order valence-electron chi connectivity index (χ3n) is 2.91. The zero-order valence-electron chi connectivity index (χ0n) is 7.57. The summed E-state index contributed by atoms with van der Waals surface area (Å²) >= 11 is 2.05. The van der Waals surface area contributed by atoms with E-state index < -0.39 is 0 Å². The molecule has 0 radical (unpaired) electrons. The lowest BCUT2D eigenvalue weighted by molar-refractivity contribution is 0.300. The summed E-state index contributed by atoms with van der Waals surface area (Å²) in [4.78, 5) is 4.11. The van der Waals surface area contributed by atoms with Crippen molar-refractivity contribution in [2.75, 3.05) is 6.54 Å². The maximum atomic E-state index is 2.60. The zero-order valence-corrected chi connectivity index (χ0v) is 8.39. The molecule has 13 heavy (non-hydrogen) atoms. The van der Waals surface area contributed by atoms with Crippen LogP contribution in [0.25, 0.3) is 0 Å². The molecule has 0 spiro atoms. The van der Waals surface area contributed by atoms with Crippen LogP contribution in [0.4, 0.5) is 0 Å². The smallest absolute Gasteiger partial charge is 0.0608 e. The van der Waals surface area contributed by atoms with Crippen molar-refractivity contribution in [3.05, 3.63) is 29.8 Å². The van der Waals surface area contributed by atoms with E-state index in [4.69, 9.17) is 0 Å². The molecule has 2 aliphatic heterocycles. The van der Waals surface area contributed by atoms with E-state index in [0.29, 0.717) is 0 Å². The van der Waals surface area contributed by atoms with E-state index in [1.807, 2.05) is 0 Å². The highest BCUT2D eigenvalue weighted by Crippen LogP contribution is 2.40. The van der Waals surface area contributed by atoms with E-state index in [9.17, 15) is 0 Å². The van der Waals surface area contributed by atoms with E-state index in [-0.39, 0.29) is 0 Å². The quantitative estimate of drug-likeness (QED) is 0.620. The van der Waals surface area contributed by atoms with Crippen molar-refractivity contribution in [1.82, 2.24) is 4.90 Å². The highest BCUT2D eigenvalue weighted by atomic mass is 32.2. The number of hydrogen-bond acceptors (Lipinski definition) is 2. The first-order valence-electron chi connectivity index (χ1n) is 4.92. The largest absolute Gasteiger partial charge is 0.287 e. The summed E-state index contributed by atoms with van der Waals surface area (Å²) in [5, 5.41) is 0.773. The van der Waals surface area contributed by atoms with Gasteiger partial charge in [0.25, 0.3) is 0 Å². The van der Waals surface area contributed by atoms with Crippen molar-refractivity contribution < 1.29 is 0 Å². The van der Waals surface area contributed by atoms with E-state index in [1.165, 1.54) is 36.4 Å². The van der Waals surface area contributed by atoms with Crippen molar-refractivity contribution >= 4 is 11.8 Å². The molecule has 0 saturated carbocycles. The first-order valence-corrected chi connectivity index (χ1v) is 5.80. The molecule has 0 aromatic heterocycles. The van der Waals surface area contributed by atoms with Crippen LogP contribution in [0, 0.1) is 0 Å². The van der Waals surface area contributed by atoms with Crippen LogP contribution in [0.2, 0.25) is 0 Å². The Morgan fingerprint density at radius 3 is 3.23 bits per heavy atom. The highest BCUT2D eigenvalue weighted by molar-refractivity contribution is 8.00. The Morgan fingerprint density at radius 1 is 1.31 bits per heavy atom. The van der Waals surface area contributed by atoms with E-state index in [2.05, 4.69) is 40.9 Å². The Bertz CT molecular complexity index is 293. The van der Waals surface area contributed by atoms with Gasteiger partial charge in [-0.25, -0.2) is 0 Å². The highest BCUT2D eigenvalue weighted by Gasteiger charge is 2.29. The molecule has 68 valence electrons. The summed E-state index contributed by atoms with van der Waals surface area (Å²) < 4.78 is 0. The second-order valence-corrected chi connectivity index (χ2v) is 5.01. The van der Waals surface area contributed by atoms with Crippen molar-refractivity contribution in [3.63, 3.8) is 0 Å². The van der Waals surface area contributed by atoms with Crippen LogP contribution >= 0.6 is 11.8 Å². The lowest BCUT2D eigenvalue weighted by Crippen LogP contribution is -2.29. The van der Waals surface area contributed by atoms with Gasteiger partial charge in [0.2, 0.25) is 0 Å². The van der Waals surface area contributed by atoms with Gasteiger partial charge in [0.15, 0.2) is 0 Å². The summed E-state index contributed by atoms with van der Waals surface area (Å²) in [7, 11) is 0. The predicted molar refractivity (Wildman–Crippen MR) is 55.7 cm³/mol. The van der Waals surface area contributed by atoms with Crippen LogP contribution in [-0.4, -0.2) is 16.8 Å². The van der Waals surface area contributed by atoms with E-state index in [0.717, 1.165) is 5.37 Å². The lowest BCUT2D eigenvalue weighted by atomic mass is 10.2. The summed E-state index contributed by atoms with van der Waals surface area (Å²) in [6.07, 6.45) is 2.75. The Hall–Kier alpha value is -0.470. The van der Waals surface area contributed by atoms with Gasteiger partial charge >= 0.3 is 0 Å². The summed E-state index contributed by atoms with van der Waals surface area (Å²) in [5.74, 6) is 0. The molecule has 3 rings (SSSR count). The van der Waals surface area contributed by atoms with Crippen LogP contribution in [0.3, 0.4) is 0 Å². The topological polar surface area (TPSA) is 3.24 Å². The maximum absolute atomic E-state index is 2.60. The van der Waals surface area contributed by atoms with Gasteiger partial charge in [-0.1, -0.05) is 18.2 Å². The second kappa shape index (κ2) is 3.03. The van der Waals surface area contributed by atoms with Crippen molar-refractivity contribution in [2.45, 2.75) is 29.7 Å². The minimum atomic E-state index is 0.773. The Kier molecular flexibility index (Phi) is 1.84. The van der Waals surface area contributed by atoms with Gasteiger partial charge in [0.05, 0.1) is 5.37 Å². The second-order valence-electron chi connectivity index (χ2n) is 3.79. The molecule has 2 heterocycles. The third-order valence-corrected chi connectivity index (χ3v) is 4.37. The number of fused-ring (bicyclic) bond motifs is 2. The molecule has 1 saturated heterocycles. The molecule has 0 aliphatic carbocycles. The minimum Gasteiger partial charge on any atom is -0.287 e. The molecule has 0 bridgehead atoms. The summed E-state index contributed by atoms with van der Waals surface area (Å²) in [6.45, 7) is 2.47. The average molecular weight is 191 g/mol. The van der Waals surface area contributed by atoms with Crippen LogP contribution in [-0.2, 0) is 6.54 Å². The molecule has 0 amide bonds. The van der Waals surface area contributed by atoms with Gasteiger partial charge in [0.1, 0.15) is 0 Å². The molecule has 1 fully saturated rings. The van der Waals surface area contributed by atoms with Crippen molar-refractivity contribution in [2.24, 2.45) is 0 Å². The molecule has 1 atom stereocenters. The first-order chi connectivity index (χ1) is 6.43. The maximum Gasteiger partial charge on any atom is 0.0608 e. The van der Waals surface area contributed by atoms with E-state index in [1.54, 1.807) is 0 Å². The van der Waals surface area contributed by atoms with Gasteiger partial charge < -0.3 is 0 Å². The molecular formula is C11H13NS. The number of benzene rings is 1. The van der Waals surface area contributed by atoms with Crippen molar-refractivity contribution in [3.8, 4) is 0 Å². The Morgan fingerprint density at radius 2 is 2.23 bits per heavy atom. The molecule has 0 unspecified atom stereocenters. The molecule has 1 nitrogen and oxygen atoms in total. The number of thioether (sulfide) groups is 1. The standard InChI is InChI=1S/C11H13NS/c1-2-5-10-9(4-1)8-12-7-3-6-11(12)13-10/h1-2,4-5,11H,3,6-8H2/t11-/m1/s1. The third kappa shape index (κ3) is 1.29. The number of rotatable bonds is 0. The molecular weight excluding hydrogens is 178 g/mol. The lowest BCUT2D eigenvalue weighted by Gasteiger charge is -2.30. The molecule has 1 aromatic carbocycles. The zero-order chi connectivity index (χ0) is 8.67. The monoisotopic (exact) mass is 191 g/mol. The number of hydrogen-bond donors (Lipinski definition) is 0. The van der Waals surface area contributed by atoms with Gasteiger partial charge in [-0.05, 0) is 31.0 Å². The molecule has 2 aliphatic rings. The fourth-order valence-electron chi connectivity index (χ4n) is 2.22. The van der Waals surface area contributed by atoms with Crippen molar-refractivity contribution in [1.29, 1.82) is 0 Å². The van der Waals surface area contributed by atoms with Crippen LogP contribution in [0.15, 0.2) is 29.2 Å². The van der Waals surface area contributed by atoms with Gasteiger partial charge in [-0.15, -0.1) is 11.8 Å². The van der Waals surface area contributed by atoms with Crippen LogP contribution in [0.1, 0.15) is 18.4 Å². The normalized spacial score (nSPS) is 26.9. The van der Waals surface area contributed by atoms with Crippen LogP contribution in [0.5, 0.6) is 0 Å². The molecule has 0 N–H and O–H groups in total. The minimum absolute atomic E-state index is 0.773. The van der Waals surface area contributed by atoms with Gasteiger partial charge in [-0.2, -0.15) is 0 Å². The number of nitrogens with zero attached hydrogens (tertiary/aromatic N) is 1. The fourth-order valence-corrected chi connectivity index (χ4v) is 3.57. The fraction of sp³-hybridized carbons (Fsp3) is 0.455. The van der Waals surface area contributed by atoms with Gasteiger partial charge in [0, 0.05) is 11.4 Å². The van der Waals surface area contributed by atoms with E-state index >= 15 is 0 Å². The predicted octanol–water partition coefficient (Wildman–Crippen LogP) is 2.71. The van der Waals surface area contributed by atoms with Crippen LogP contribution < -0.4 is 0 Å². The first kappa shape index (κ1) is 7.89. The summed E-state index contributed by atoms with van der Waals surface area (Å²) in [5.41, 5.74) is 1.52. The Labute approximate surface area is 83.1 Å². The van der Waals surface area contributed by atoms with Gasteiger partial charge in [-0.3, -0.25) is 4.90 Å².